The lowest BCUT2D eigenvalue weighted by Gasteiger charge is -2.12. The van der Waals surface area contributed by atoms with Crippen molar-refractivity contribution in [2.45, 2.75) is 11.0 Å². The molecule has 0 saturated carbocycles. The van der Waals surface area contributed by atoms with Gasteiger partial charge in [-0.1, -0.05) is 11.8 Å². The smallest absolute Gasteiger partial charge is 0.277 e. The molecule has 0 N–H and O–H groups in total. The van der Waals surface area contributed by atoms with Gasteiger partial charge in [0.1, 0.15) is 10.8 Å². The standard InChI is InChI=1S/C21H18FN3O4S2/c1-26-16-8-13(9-17(27-2)18(16)28-3)19-24-25-21(29-19)31-11-15-10-30-20(23-15)12-4-6-14(22)7-5-12/h4-10H,11H2,1-3H3. The number of benzene rings is 2. The van der Waals surface area contributed by atoms with E-state index in [1.165, 1.54) is 35.2 Å². The Morgan fingerprint density at radius 1 is 0.968 bits per heavy atom. The summed E-state index contributed by atoms with van der Waals surface area (Å²) in [5.74, 6) is 2.13. The minimum absolute atomic E-state index is 0.268. The fourth-order valence-corrected chi connectivity index (χ4v) is 4.41. The third-order valence-corrected chi connectivity index (χ3v) is 6.10. The molecule has 4 aromatic rings. The summed E-state index contributed by atoms with van der Waals surface area (Å²) in [6, 6.07) is 9.78. The van der Waals surface area contributed by atoms with E-state index in [0.29, 0.717) is 39.7 Å². The molecule has 160 valence electrons. The van der Waals surface area contributed by atoms with E-state index in [1.807, 2.05) is 5.38 Å². The minimum atomic E-state index is -0.268. The van der Waals surface area contributed by atoms with Gasteiger partial charge in [-0.15, -0.1) is 21.5 Å². The monoisotopic (exact) mass is 459 g/mol. The van der Waals surface area contributed by atoms with E-state index in [2.05, 4.69) is 15.2 Å². The largest absolute Gasteiger partial charge is 0.493 e. The van der Waals surface area contributed by atoms with Gasteiger partial charge in [0.15, 0.2) is 11.5 Å². The van der Waals surface area contributed by atoms with Crippen LogP contribution in [0.15, 0.2) is 51.4 Å². The van der Waals surface area contributed by atoms with Crippen LogP contribution in [0, 0.1) is 5.82 Å². The number of halogens is 1. The Morgan fingerprint density at radius 2 is 1.68 bits per heavy atom. The van der Waals surface area contributed by atoms with Gasteiger partial charge in [0.05, 0.1) is 27.0 Å². The normalized spacial score (nSPS) is 10.8. The third-order valence-electron chi connectivity index (χ3n) is 4.30. The predicted molar refractivity (Wildman–Crippen MR) is 116 cm³/mol. The van der Waals surface area contributed by atoms with E-state index in [-0.39, 0.29) is 5.82 Å². The van der Waals surface area contributed by atoms with Crippen molar-refractivity contribution in [1.29, 1.82) is 0 Å². The van der Waals surface area contributed by atoms with Crippen LogP contribution in [-0.4, -0.2) is 36.5 Å². The van der Waals surface area contributed by atoms with Crippen molar-refractivity contribution in [1.82, 2.24) is 15.2 Å². The number of hydrogen-bond acceptors (Lipinski definition) is 9. The van der Waals surface area contributed by atoms with Crippen LogP contribution in [0.5, 0.6) is 17.2 Å². The van der Waals surface area contributed by atoms with Crippen molar-refractivity contribution in [2.75, 3.05) is 21.3 Å². The summed E-state index contributed by atoms with van der Waals surface area (Å²) >= 11 is 2.89. The molecule has 0 unspecified atom stereocenters. The van der Waals surface area contributed by atoms with Gasteiger partial charge < -0.3 is 18.6 Å². The van der Waals surface area contributed by atoms with Gasteiger partial charge in [-0.05, 0) is 36.4 Å². The maximum absolute atomic E-state index is 13.1. The van der Waals surface area contributed by atoms with E-state index in [9.17, 15) is 4.39 Å². The SMILES string of the molecule is COc1cc(-c2nnc(SCc3csc(-c4ccc(F)cc4)n3)o2)cc(OC)c1OC. The highest BCUT2D eigenvalue weighted by molar-refractivity contribution is 7.98. The Morgan fingerprint density at radius 3 is 2.32 bits per heavy atom. The second-order valence-corrected chi connectivity index (χ2v) is 8.01. The van der Waals surface area contributed by atoms with Crippen LogP contribution in [0.2, 0.25) is 0 Å². The third kappa shape index (κ3) is 4.64. The average molecular weight is 460 g/mol. The van der Waals surface area contributed by atoms with Crippen molar-refractivity contribution in [2.24, 2.45) is 0 Å². The second kappa shape index (κ2) is 9.36. The number of rotatable bonds is 8. The summed E-state index contributed by atoms with van der Waals surface area (Å²) < 4.78 is 35.0. The maximum atomic E-state index is 13.1. The van der Waals surface area contributed by atoms with Gasteiger partial charge >= 0.3 is 0 Å². The van der Waals surface area contributed by atoms with Crippen molar-refractivity contribution >= 4 is 23.1 Å². The van der Waals surface area contributed by atoms with E-state index >= 15 is 0 Å². The Balaban J connectivity index is 1.47. The summed E-state index contributed by atoms with van der Waals surface area (Å²) in [5, 5.41) is 11.4. The molecule has 0 fully saturated rings. The van der Waals surface area contributed by atoms with Crippen LogP contribution in [0.25, 0.3) is 22.0 Å². The number of ether oxygens (including phenoxy) is 3. The highest BCUT2D eigenvalue weighted by atomic mass is 32.2. The lowest BCUT2D eigenvalue weighted by atomic mass is 10.2. The van der Waals surface area contributed by atoms with Crippen LogP contribution in [-0.2, 0) is 5.75 Å². The van der Waals surface area contributed by atoms with Gasteiger partial charge in [0.25, 0.3) is 5.22 Å². The van der Waals surface area contributed by atoms with E-state index in [4.69, 9.17) is 18.6 Å². The molecular formula is C21H18FN3O4S2. The molecule has 0 amide bonds. The predicted octanol–water partition coefficient (Wildman–Crippen LogP) is 5.32. The Kier molecular flexibility index (Phi) is 6.38. The van der Waals surface area contributed by atoms with Crippen molar-refractivity contribution in [3.05, 3.63) is 53.3 Å². The first-order valence-electron chi connectivity index (χ1n) is 9.08. The number of hydrogen-bond donors (Lipinski definition) is 0. The summed E-state index contributed by atoms with van der Waals surface area (Å²) in [7, 11) is 4.63. The molecule has 0 aliphatic carbocycles. The molecule has 0 bridgehead atoms. The number of aromatic nitrogens is 3. The molecule has 0 atom stereocenters. The molecule has 10 heteroatoms. The number of methoxy groups -OCH3 is 3. The van der Waals surface area contributed by atoms with Gasteiger partial charge in [0.2, 0.25) is 11.6 Å². The summed E-state index contributed by atoms with van der Waals surface area (Å²) in [5.41, 5.74) is 2.41. The van der Waals surface area contributed by atoms with Crippen molar-refractivity contribution < 1.29 is 23.0 Å². The van der Waals surface area contributed by atoms with E-state index in [1.54, 1.807) is 45.6 Å². The quantitative estimate of drug-likeness (QED) is 0.328. The number of nitrogens with zero attached hydrogens (tertiary/aromatic N) is 3. The summed E-state index contributed by atoms with van der Waals surface area (Å²) in [6.45, 7) is 0. The zero-order chi connectivity index (χ0) is 21.8. The summed E-state index contributed by atoms with van der Waals surface area (Å²) in [4.78, 5) is 4.59. The fourth-order valence-electron chi connectivity index (χ4n) is 2.82. The Bertz CT molecular complexity index is 1150. The first kappa shape index (κ1) is 21.1. The zero-order valence-electron chi connectivity index (χ0n) is 16.9. The van der Waals surface area contributed by atoms with Gasteiger partial charge in [-0.2, -0.15) is 0 Å². The maximum Gasteiger partial charge on any atom is 0.277 e. The van der Waals surface area contributed by atoms with Crippen molar-refractivity contribution in [3.63, 3.8) is 0 Å². The molecule has 2 aromatic heterocycles. The van der Waals surface area contributed by atoms with Crippen LogP contribution >= 0.6 is 23.1 Å². The Labute approximate surface area is 186 Å². The minimum Gasteiger partial charge on any atom is -0.493 e. The first-order chi connectivity index (χ1) is 15.1. The molecule has 4 rings (SSSR count). The Hall–Kier alpha value is -3.11. The van der Waals surface area contributed by atoms with Crippen LogP contribution in [0.3, 0.4) is 0 Å². The molecule has 0 aliphatic heterocycles. The van der Waals surface area contributed by atoms with Gasteiger partial charge in [-0.25, -0.2) is 9.37 Å². The van der Waals surface area contributed by atoms with Gasteiger partial charge in [0, 0.05) is 22.3 Å². The van der Waals surface area contributed by atoms with E-state index < -0.39 is 0 Å². The molecule has 7 nitrogen and oxygen atoms in total. The number of thioether (sulfide) groups is 1. The topological polar surface area (TPSA) is 79.5 Å². The van der Waals surface area contributed by atoms with Crippen LogP contribution in [0.4, 0.5) is 4.39 Å². The molecule has 0 saturated heterocycles. The molecule has 0 spiro atoms. The molecule has 2 heterocycles. The summed E-state index contributed by atoms with van der Waals surface area (Å²) in [6.07, 6.45) is 0. The zero-order valence-corrected chi connectivity index (χ0v) is 18.6. The highest BCUT2D eigenvalue weighted by Crippen LogP contribution is 2.41. The second-order valence-electron chi connectivity index (χ2n) is 6.23. The highest BCUT2D eigenvalue weighted by Gasteiger charge is 2.18. The van der Waals surface area contributed by atoms with Crippen LogP contribution < -0.4 is 14.2 Å². The fraction of sp³-hybridized carbons (Fsp3) is 0.190. The van der Waals surface area contributed by atoms with Gasteiger partial charge in [-0.3, -0.25) is 0 Å². The molecule has 0 aliphatic rings. The lowest BCUT2D eigenvalue weighted by Crippen LogP contribution is -1.95. The molecule has 0 radical (unpaired) electrons. The van der Waals surface area contributed by atoms with Crippen molar-refractivity contribution in [3.8, 4) is 39.3 Å². The first-order valence-corrected chi connectivity index (χ1v) is 10.9. The lowest BCUT2D eigenvalue weighted by molar-refractivity contribution is 0.324. The molecule has 2 aromatic carbocycles. The average Bonchev–Trinajstić information content (AvgIpc) is 3.47. The number of thiazole rings is 1. The van der Waals surface area contributed by atoms with E-state index in [0.717, 1.165) is 16.3 Å². The molecular weight excluding hydrogens is 441 g/mol. The molecule has 31 heavy (non-hydrogen) atoms. The van der Waals surface area contributed by atoms with Crippen LogP contribution in [0.1, 0.15) is 5.69 Å².